The molecule has 2 nitrogen and oxygen atoms in total. The molecule has 1 heterocycles. The van der Waals surface area contributed by atoms with Crippen LogP contribution >= 0.6 is 0 Å². The van der Waals surface area contributed by atoms with Crippen LogP contribution in [0, 0.1) is 6.92 Å². The van der Waals surface area contributed by atoms with Gasteiger partial charge in [0.2, 0.25) is 0 Å². The normalized spacial score (nSPS) is 13.2. The second-order valence-corrected chi connectivity index (χ2v) is 5.04. The van der Waals surface area contributed by atoms with Crippen LogP contribution in [-0.4, -0.2) is 4.98 Å². The quantitative estimate of drug-likeness (QED) is 0.924. The van der Waals surface area contributed by atoms with E-state index in [1.165, 1.54) is 12.1 Å². The van der Waals surface area contributed by atoms with Crippen molar-refractivity contribution in [3.8, 4) is 0 Å². The first-order valence-corrected chi connectivity index (χ1v) is 6.71. The lowest BCUT2D eigenvalue weighted by molar-refractivity contribution is -0.137. The van der Waals surface area contributed by atoms with E-state index in [0.717, 1.165) is 29.1 Å². The highest BCUT2D eigenvalue weighted by Crippen LogP contribution is 2.29. The van der Waals surface area contributed by atoms with Crippen molar-refractivity contribution >= 4 is 0 Å². The fourth-order valence-corrected chi connectivity index (χ4v) is 2.10. The van der Waals surface area contributed by atoms with Crippen LogP contribution < -0.4 is 5.73 Å². The molecule has 0 spiro atoms. The van der Waals surface area contributed by atoms with Gasteiger partial charge in [0.15, 0.2) is 0 Å². The summed E-state index contributed by atoms with van der Waals surface area (Å²) in [5, 5.41) is 0. The summed E-state index contributed by atoms with van der Waals surface area (Å²) in [7, 11) is 0. The lowest BCUT2D eigenvalue weighted by Gasteiger charge is -2.12. The van der Waals surface area contributed by atoms with Crippen molar-refractivity contribution in [1.82, 2.24) is 4.98 Å². The maximum Gasteiger partial charge on any atom is 0.416 e. The summed E-state index contributed by atoms with van der Waals surface area (Å²) in [6, 6.07) is 10.6. The SMILES string of the molecule is Cc1cccc(C(N)CCc2ccc(C(F)(F)F)cc2)n1. The van der Waals surface area contributed by atoms with Gasteiger partial charge in [-0.3, -0.25) is 4.98 Å². The van der Waals surface area contributed by atoms with Crippen molar-refractivity contribution in [2.45, 2.75) is 32.0 Å². The number of aryl methyl sites for hydroxylation is 2. The van der Waals surface area contributed by atoms with Crippen molar-refractivity contribution in [3.05, 3.63) is 65.0 Å². The summed E-state index contributed by atoms with van der Waals surface area (Å²) >= 11 is 0. The van der Waals surface area contributed by atoms with Crippen LogP contribution in [0.25, 0.3) is 0 Å². The van der Waals surface area contributed by atoms with Gasteiger partial charge in [0.05, 0.1) is 11.3 Å². The molecular weight excluding hydrogens is 277 g/mol. The minimum absolute atomic E-state index is 0.216. The highest BCUT2D eigenvalue weighted by Gasteiger charge is 2.29. The molecule has 1 unspecified atom stereocenters. The number of hydrogen-bond acceptors (Lipinski definition) is 2. The second-order valence-electron chi connectivity index (χ2n) is 5.04. The van der Waals surface area contributed by atoms with E-state index < -0.39 is 11.7 Å². The van der Waals surface area contributed by atoms with Gasteiger partial charge in [-0.05, 0) is 49.6 Å². The average molecular weight is 294 g/mol. The minimum atomic E-state index is -4.29. The van der Waals surface area contributed by atoms with Gasteiger partial charge in [-0.25, -0.2) is 0 Å². The molecule has 0 aliphatic rings. The van der Waals surface area contributed by atoms with Crippen molar-refractivity contribution in [2.75, 3.05) is 0 Å². The number of aromatic nitrogens is 1. The molecule has 5 heteroatoms. The maximum atomic E-state index is 12.5. The third-order valence-corrected chi connectivity index (χ3v) is 3.32. The first kappa shape index (κ1) is 15.5. The number of pyridine rings is 1. The van der Waals surface area contributed by atoms with E-state index in [0.29, 0.717) is 12.8 Å². The molecule has 0 aliphatic heterocycles. The van der Waals surface area contributed by atoms with E-state index in [1.54, 1.807) is 0 Å². The Morgan fingerprint density at radius 1 is 1.10 bits per heavy atom. The third kappa shape index (κ3) is 4.29. The van der Waals surface area contributed by atoms with Crippen molar-refractivity contribution in [1.29, 1.82) is 0 Å². The molecule has 0 saturated heterocycles. The van der Waals surface area contributed by atoms with E-state index in [4.69, 9.17) is 5.73 Å². The molecule has 2 aromatic rings. The van der Waals surface area contributed by atoms with E-state index in [9.17, 15) is 13.2 Å². The molecule has 1 aromatic carbocycles. The molecule has 0 saturated carbocycles. The number of benzene rings is 1. The molecule has 0 aliphatic carbocycles. The van der Waals surface area contributed by atoms with Gasteiger partial charge in [-0.15, -0.1) is 0 Å². The summed E-state index contributed by atoms with van der Waals surface area (Å²) in [6.07, 6.45) is -3.03. The largest absolute Gasteiger partial charge is 0.416 e. The molecule has 0 bridgehead atoms. The van der Waals surface area contributed by atoms with Crippen LogP contribution in [0.4, 0.5) is 13.2 Å². The number of nitrogens with two attached hydrogens (primary N) is 1. The maximum absolute atomic E-state index is 12.5. The molecular formula is C16H17F3N2. The first-order valence-electron chi connectivity index (χ1n) is 6.71. The van der Waals surface area contributed by atoms with E-state index in [-0.39, 0.29) is 6.04 Å². The molecule has 2 rings (SSSR count). The summed E-state index contributed by atoms with van der Waals surface area (Å²) < 4.78 is 37.4. The highest BCUT2D eigenvalue weighted by molar-refractivity contribution is 5.25. The lowest BCUT2D eigenvalue weighted by Crippen LogP contribution is -2.13. The summed E-state index contributed by atoms with van der Waals surface area (Å²) in [5.74, 6) is 0. The molecule has 0 radical (unpaired) electrons. The van der Waals surface area contributed by atoms with Gasteiger partial charge in [0, 0.05) is 11.7 Å². The van der Waals surface area contributed by atoms with Gasteiger partial charge < -0.3 is 5.73 Å². The number of rotatable bonds is 4. The predicted molar refractivity (Wildman–Crippen MR) is 75.7 cm³/mol. The van der Waals surface area contributed by atoms with Gasteiger partial charge in [-0.2, -0.15) is 13.2 Å². The minimum Gasteiger partial charge on any atom is -0.323 e. The Hall–Kier alpha value is -1.88. The van der Waals surface area contributed by atoms with E-state index in [2.05, 4.69) is 4.98 Å². The number of hydrogen-bond donors (Lipinski definition) is 1. The smallest absolute Gasteiger partial charge is 0.323 e. The lowest BCUT2D eigenvalue weighted by atomic mass is 10.0. The zero-order chi connectivity index (χ0) is 15.5. The fourth-order valence-electron chi connectivity index (χ4n) is 2.10. The summed E-state index contributed by atoms with van der Waals surface area (Å²) in [4.78, 5) is 4.36. The zero-order valence-electron chi connectivity index (χ0n) is 11.7. The van der Waals surface area contributed by atoms with Gasteiger partial charge in [-0.1, -0.05) is 18.2 Å². The van der Waals surface area contributed by atoms with Gasteiger partial charge in [0.1, 0.15) is 0 Å². The van der Waals surface area contributed by atoms with Crippen molar-refractivity contribution in [2.24, 2.45) is 5.73 Å². The molecule has 1 atom stereocenters. The second kappa shape index (κ2) is 6.26. The van der Waals surface area contributed by atoms with Crippen LogP contribution in [0.3, 0.4) is 0 Å². The average Bonchev–Trinajstić information content (AvgIpc) is 2.44. The van der Waals surface area contributed by atoms with Crippen LogP contribution in [0.5, 0.6) is 0 Å². The number of nitrogens with zero attached hydrogens (tertiary/aromatic N) is 1. The molecule has 0 fully saturated rings. The van der Waals surface area contributed by atoms with Gasteiger partial charge in [0.25, 0.3) is 0 Å². The molecule has 2 N–H and O–H groups in total. The van der Waals surface area contributed by atoms with E-state index >= 15 is 0 Å². The number of halogens is 3. The monoisotopic (exact) mass is 294 g/mol. The number of alkyl halides is 3. The summed E-state index contributed by atoms with van der Waals surface area (Å²) in [6.45, 7) is 1.89. The fraction of sp³-hybridized carbons (Fsp3) is 0.312. The highest BCUT2D eigenvalue weighted by atomic mass is 19.4. The Balaban J connectivity index is 1.97. The standard InChI is InChI=1S/C16H17F3N2/c1-11-3-2-4-15(21-11)14(20)10-7-12-5-8-13(9-6-12)16(17,18)19/h2-6,8-9,14H,7,10,20H2,1H3. The van der Waals surface area contributed by atoms with Crippen LogP contribution in [0.2, 0.25) is 0 Å². The van der Waals surface area contributed by atoms with Crippen LogP contribution in [-0.2, 0) is 12.6 Å². The molecule has 0 amide bonds. The summed E-state index contributed by atoms with van der Waals surface area (Å²) in [5.41, 5.74) is 7.99. The Bertz CT molecular complexity index is 591. The van der Waals surface area contributed by atoms with Crippen molar-refractivity contribution < 1.29 is 13.2 Å². The van der Waals surface area contributed by atoms with Gasteiger partial charge >= 0.3 is 6.18 Å². The Morgan fingerprint density at radius 3 is 2.33 bits per heavy atom. The Morgan fingerprint density at radius 2 is 1.76 bits per heavy atom. The molecule has 21 heavy (non-hydrogen) atoms. The first-order chi connectivity index (χ1) is 9.86. The topological polar surface area (TPSA) is 38.9 Å². The van der Waals surface area contributed by atoms with Crippen LogP contribution in [0.1, 0.15) is 35.0 Å². The van der Waals surface area contributed by atoms with E-state index in [1.807, 2.05) is 25.1 Å². The van der Waals surface area contributed by atoms with Crippen molar-refractivity contribution in [3.63, 3.8) is 0 Å². The Kier molecular flexibility index (Phi) is 4.63. The predicted octanol–water partition coefficient (Wildman–Crippen LogP) is 4.04. The third-order valence-electron chi connectivity index (χ3n) is 3.32. The van der Waals surface area contributed by atoms with Crippen LogP contribution in [0.15, 0.2) is 42.5 Å². The molecule has 1 aromatic heterocycles. The Labute approximate surface area is 121 Å². The zero-order valence-corrected chi connectivity index (χ0v) is 11.7. The molecule has 112 valence electrons.